The molecule has 1 unspecified atom stereocenters. The first-order valence-corrected chi connectivity index (χ1v) is 8.95. The molecule has 1 heterocycles. The third kappa shape index (κ3) is 3.61. The largest absolute Gasteiger partial charge is 0.381 e. The van der Waals surface area contributed by atoms with Gasteiger partial charge in [0, 0.05) is 24.7 Å². The summed E-state index contributed by atoms with van der Waals surface area (Å²) in [4.78, 5) is 0.322. The molecule has 0 saturated carbocycles. The van der Waals surface area contributed by atoms with Crippen molar-refractivity contribution in [1.82, 2.24) is 4.31 Å². The molecular formula is C14H20BrNO3S. The van der Waals surface area contributed by atoms with Crippen LogP contribution in [0.2, 0.25) is 0 Å². The van der Waals surface area contributed by atoms with Gasteiger partial charge in [0.25, 0.3) is 0 Å². The Bertz CT molecular complexity index is 568. The van der Waals surface area contributed by atoms with Crippen LogP contribution in [0.15, 0.2) is 27.6 Å². The normalized spacial score (nSPS) is 20.3. The molecule has 1 aromatic carbocycles. The molecule has 0 aliphatic carbocycles. The fraction of sp³-hybridized carbons (Fsp3) is 0.571. The summed E-state index contributed by atoms with van der Waals surface area (Å²) in [6.07, 6.45) is 2.03. The molecule has 6 heteroatoms. The molecule has 112 valence electrons. The second kappa shape index (κ2) is 6.56. The number of benzene rings is 1. The Morgan fingerprint density at radius 3 is 2.80 bits per heavy atom. The number of hydrogen-bond acceptors (Lipinski definition) is 3. The highest BCUT2D eigenvalue weighted by Gasteiger charge is 2.26. The maximum absolute atomic E-state index is 12.6. The van der Waals surface area contributed by atoms with Gasteiger partial charge in [-0.25, -0.2) is 12.7 Å². The summed E-state index contributed by atoms with van der Waals surface area (Å²) >= 11 is 3.35. The van der Waals surface area contributed by atoms with Crippen LogP contribution >= 0.6 is 15.9 Å². The second-order valence-corrected chi connectivity index (χ2v) is 8.17. The van der Waals surface area contributed by atoms with Crippen LogP contribution in [0.5, 0.6) is 0 Å². The molecule has 0 spiro atoms. The van der Waals surface area contributed by atoms with Crippen molar-refractivity contribution in [1.29, 1.82) is 0 Å². The Balaban J connectivity index is 2.16. The molecule has 1 saturated heterocycles. The van der Waals surface area contributed by atoms with Crippen molar-refractivity contribution in [2.24, 2.45) is 5.92 Å². The van der Waals surface area contributed by atoms with Gasteiger partial charge in [0.15, 0.2) is 0 Å². The monoisotopic (exact) mass is 361 g/mol. The lowest BCUT2D eigenvalue weighted by atomic mass is 10.0. The van der Waals surface area contributed by atoms with E-state index < -0.39 is 10.0 Å². The van der Waals surface area contributed by atoms with Crippen molar-refractivity contribution >= 4 is 26.0 Å². The summed E-state index contributed by atoms with van der Waals surface area (Å²) in [7, 11) is -1.82. The van der Waals surface area contributed by atoms with Gasteiger partial charge in [-0.15, -0.1) is 0 Å². The van der Waals surface area contributed by atoms with Gasteiger partial charge in [0.2, 0.25) is 10.0 Å². The topological polar surface area (TPSA) is 46.6 Å². The van der Waals surface area contributed by atoms with Crippen LogP contribution in [0.3, 0.4) is 0 Å². The fourth-order valence-corrected chi connectivity index (χ4v) is 4.79. The van der Waals surface area contributed by atoms with Crippen LogP contribution in [0.25, 0.3) is 0 Å². The van der Waals surface area contributed by atoms with E-state index in [9.17, 15) is 8.42 Å². The van der Waals surface area contributed by atoms with E-state index in [1.54, 1.807) is 13.1 Å². The molecule has 1 aliphatic heterocycles. The standard InChI is InChI=1S/C14H20BrNO3S/c1-11-5-6-14(13(15)8-11)20(17,18)16(2)9-12-4-3-7-19-10-12/h5-6,8,12H,3-4,7,9-10H2,1-2H3. The molecule has 0 radical (unpaired) electrons. The SMILES string of the molecule is Cc1ccc(S(=O)(=O)N(C)CC2CCCOC2)c(Br)c1. The second-order valence-electron chi connectivity index (χ2n) is 5.30. The number of rotatable bonds is 4. The zero-order valence-electron chi connectivity index (χ0n) is 11.8. The average Bonchev–Trinajstić information content (AvgIpc) is 2.39. The molecule has 20 heavy (non-hydrogen) atoms. The molecular weight excluding hydrogens is 342 g/mol. The van der Waals surface area contributed by atoms with E-state index in [0.717, 1.165) is 25.0 Å². The van der Waals surface area contributed by atoms with Crippen LogP contribution in [0, 0.1) is 12.8 Å². The zero-order chi connectivity index (χ0) is 14.8. The van der Waals surface area contributed by atoms with E-state index in [4.69, 9.17) is 4.74 Å². The van der Waals surface area contributed by atoms with E-state index in [1.165, 1.54) is 4.31 Å². The molecule has 1 atom stereocenters. The molecule has 0 amide bonds. The maximum Gasteiger partial charge on any atom is 0.243 e. The molecule has 1 aromatic rings. The Morgan fingerprint density at radius 2 is 2.20 bits per heavy atom. The van der Waals surface area contributed by atoms with Gasteiger partial charge >= 0.3 is 0 Å². The van der Waals surface area contributed by atoms with Gasteiger partial charge in [-0.3, -0.25) is 0 Å². The smallest absolute Gasteiger partial charge is 0.243 e. The Kier molecular flexibility index (Phi) is 5.23. The molecule has 0 bridgehead atoms. The third-order valence-electron chi connectivity index (χ3n) is 3.55. The van der Waals surface area contributed by atoms with Gasteiger partial charge in [-0.2, -0.15) is 0 Å². The molecule has 4 nitrogen and oxygen atoms in total. The molecule has 1 aliphatic rings. The highest BCUT2D eigenvalue weighted by atomic mass is 79.9. The third-order valence-corrected chi connectivity index (χ3v) is 6.35. The van der Waals surface area contributed by atoms with Gasteiger partial charge < -0.3 is 4.74 Å². The van der Waals surface area contributed by atoms with E-state index >= 15 is 0 Å². The van der Waals surface area contributed by atoms with Gasteiger partial charge in [0.1, 0.15) is 0 Å². The molecule has 0 aromatic heterocycles. The number of hydrogen-bond donors (Lipinski definition) is 0. The Labute approximate surface area is 129 Å². The molecule has 0 N–H and O–H groups in total. The van der Waals surface area contributed by atoms with E-state index in [0.29, 0.717) is 22.5 Å². The molecule has 2 rings (SSSR count). The van der Waals surface area contributed by atoms with Crippen LogP contribution in [0.1, 0.15) is 18.4 Å². The van der Waals surface area contributed by atoms with Crippen LogP contribution in [-0.4, -0.2) is 39.5 Å². The van der Waals surface area contributed by atoms with Gasteiger partial charge in [0.05, 0.1) is 11.5 Å². The lowest BCUT2D eigenvalue weighted by molar-refractivity contribution is 0.0495. The van der Waals surface area contributed by atoms with E-state index in [2.05, 4.69) is 15.9 Å². The van der Waals surface area contributed by atoms with Crippen LogP contribution < -0.4 is 0 Å². The maximum atomic E-state index is 12.6. The summed E-state index contributed by atoms with van der Waals surface area (Å²) in [5.41, 5.74) is 1.03. The summed E-state index contributed by atoms with van der Waals surface area (Å²) in [5, 5.41) is 0. The minimum absolute atomic E-state index is 0.285. The van der Waals surface area contributed by atoms with Crippen molar-refractivity contribution < 1.29 is 13.2 Å². The number of nitrogens with zero attached hydrogens (tertiary/aromatic N) is 1. The summed E-state index contributed by atoms with van der Waals surface area (Å²) in [6, 6.07) is 5.29. The van der Waals surface area contributed by atoms with E-state index in [1.807, 2.05) is 19.1 Å². The quantitative estimate of drug-likeness (QED) is 0.828. The number of aryl methyl sites for hydroxylation is 1. The highest BCUT2D eigenvalue weighted by molar-refractivity contribution is 9.10. The van der Waals surface area contributed by atoms with Crippen molar-refractivity contribution in [2.45, 2.75) is 24.7 Å². The lowest BCUT2D eigenvalue weighted by Crippen LogP contribution is -2.35. The Morgan fingerprint density at radius 1 is 1.45 bits per heavy atom. The first kappa shape index (κ1) is 15.9. The first-order valence-electron chi connectivity index (χ1n) is 6.71. The predicted octanol–water partition coefficient (Wildman–Crippen LogP) is 2.80. The summed E-state index contributed by atoms with van der Waals surface area (Å²) < 4.78 is 32.6. The Hall–Kier alpha value is -0.430. The van der Waals surface area contributed by atoms with Crippen molar-refractivity contribution in [2.75, 3.05) is 26.8 Å². The minimum atomic E-state index is -3.45. The predicted molar refractivity (Wildman–Crippen MR) is 82.2 cm³/mol. The van der Waals surface area contributed by atoms with Crippen LogP contribution in [-0.2, 0) is 14.8 Å². The van der Waals surface area contributed by atoms with Crippen LogP contribution in [0.4, 0.5) is 0 Å². The average molecular weight is 362 g/mol. The number of sulfonamides is 1. The van der Waals surface area contributed by atoms with Gasteiger partial charge in [-0.05, 0) is 59.3 Å². The lowest BCUT2D eigenvalue weighted by Gasteiger charge is -2.27. The van der Waals surface area contributed by atoms with Crippen molar-refractivity contribution in [3.05, 3.63) is 28.2 Å². The fourth-order valence-electron chi connectivity index (χ4n) is 2.40. The first-order chi connectivity index (χ1) is 9.41. The molecule has 1 fully saturated rings. The number of ether oxygens (including phenoxy) is 1. The number of halogens is 1. The zero-order valence-corrected chi connectivity index (χ0v) is 14.2. The summed E-state index contributed by atoms with van der Waals surface area (Å²) in [6.45, 7) is 3.87. The van der Waals surface area contributed by atoms with Gasteiger partial charge in [-0.1, -0.05) is 6.07 Å². The minimum Gasteiger partial charge on any atom is -0.381 e. The van der Waals surface area contributed by atoms with Crippen molar-refractivity contribution in [3.63, 3.8) is 0 Å². The van der Waals surface area contributed by atoms with Crippen molar-refractivity contribution in [3.8, 4) is 0 Å². The summed E-state index contributed by atoms with van der Waals surface area (Å²) in [5.74, 6) is 0.285. The highest BCUT2D eigenvalue weighted by Crippen LogP contribution is 2.26. The van der Waals surface area contributed by atoms with E-state index in [-0.39, 0.29) is 5.92 Å².